The number of hydrogen-bond donors (Lipinski definition) is 1. The van der Waals surface area contributed by atoms with E-state index in [2.05, 4.69) is 17.4 Å². The summed E-state index contributed by atoms with van der Waals surface area (Å²) in [4.78, 5) is 11.7. The van der Waals surface area contributed by atoms with Crippen LogP contribution in [-0.4, -0.2) is 18.1 Å². The number of nitrogens with one attached hydrogen (secondary N) is 1. The fraction of sp³-hybridized carbons (Fsp3) is 0.462. The molecule has 0 amide bonds. The molecule has 1 heterocycles. The normalized spacial score (nSPS) is 19.3. The smallest absolute Gasteiger partial charge is 0.323 e. The molecule has 0 radical (unpaired) electrons. The van der Waals surface area contributed by atoms with Gasteiger partial charge in [-0.05, 0) is 31.4 Å². The molecule has 0 aliphatic carbocycles. The topological polar surface area (TPSA) is 38.3 Å². The highest BCUT2D eigenvalue weighted by molar-refractivity contribution is 5.76. The molecule has 2 rings (SSSR count). The van der Waals surface area contributed by atoms with Gasteiger partial charge in [-0.2, -0.15) is 0 Å². The van der Waals surface area contributed by atoms with Crippen LogP contribution in [0, 0.1) is 0 Å². The first-order valence-corrected chi connectivity index (χ1v) is 5.67. The van der Waals surface area contributed by atoms with Gasteiger partial charge in [0.15, 0.2) is 0 Å². The number of esters is 1. The minimum absolute atomic E-state index is 0.0496. The highest BCUT2D eigenvalue weighted by Crippen LogP contribution is 2.17. The third-order valence-electron chi connectivity index (χ3n) is 2.72. The maximum absolute atomic E-state index is 11.7. The van der Waals surface area contributed by atoms with Crippen LogP contribution < -0.4 is 5.32 Å². The molecular weight excluding hydrogens is 202 g/mol. The molecule has 0 spiro atoms. The fourth-order valence-electron chi connectivity index (χ4n) is 1.94. The quantitative estimate of drug-likeness (QED) is 0.769. The maximum Gasteiger partial charge on any atom is 0.323 e. The molecule has 1 unspecified atom stereocenters. The van der Waals surface area contributed by atoms with Gasteiger partial charge in [0.1, 0.15) is 6.04 Å². The molecule has 1 aromatic rings. The van der Waals surface area contributed by atoms with Crippen LogP contribution in [0.5, 0.6) is 0 Å². The number of hydrogen-bond acceptors (Lipinski definition) is 3. The minimum atomic E-state index is -0.197. The first-order valence-electron chi connectivity index (χ1n) is 5.67. The summed E-state index contributed by atoms with van der Waals surface area (Å²) >= 11 is 0. The highest BCUT2D eigenvalue weighted by Gasteiger charge is 2.25. The Balaban J connectivity index is 2.05. The predicted molar refractivity (Wildman–Crippen MR) is 62.0 cm³/mol. The first kappa shape index (κ1) is 11.1. The van der Waals surface area contributed by atoms with Crippen LogP contribution >= 0.6 is 0 Å². The van der Waals surface area contributed by atoms with E-state index in [-0.39, 0.29) is 18.1 Å². The summed E-state index contributed by atoms with van der Waals surface area (Å²) in [6.07, 6.45) is 0.674. The molecular formula is C13H17NO2. The second-order valence-electron chi connectivity index (χ2n) is 4.39. The summed E-state index contributed by atoms with van der Waals surface area (Å²) in [7, 11) is 0. The van der Waals surface area contributed by atoms with Gasteiger partial charge >= 0.3 is 5.97 Å². The second-order valence-corrected chi connectivity index (χ2v) is 4.39. The molecule has 1 N–H and O–H groups in total. The summed E-state index contributed by atoms with van der Waals surface area (Å²) in [5, 5.41) is 3.21. The minimum Gasteiger partial charge on any atom is -0.462 e. The molecule has 16 heavy (non-hydrogen) atoms. The zero-order valence-electron chi connectivity index (χ0n) is 9.69. The van der Waals surface area contributed by atoms with Crippen molar-refractivity contribution in [1.29, 1.82) is 0 Å². The molecule has 1 atom stereocenters. The van der Waals surface area contributed by atoms with Crippen LogP contribution in [0.2, 0.25) is 0 Å². The predicted octanol–water partition coefficient (Wildman–Crippen LogP) is 1.65. The molecule has 0 bridgehead atoms. The van der Waals surface area contributed by atoms with Crippen LogP contribution in [0.15, 0.2) is 24.3 Å². The summed E-state index contributed by atoms with van der Waals surface area (Å²) < 4.78 is 5.20. The van der Waals surface area contributed by atoms with Crippen LogP contribution in [0.1, 0.15) is 25.0 Å². The van der Waals surface area contributed by atoms with Crippen molar-refractivity contribution in [2.24, 2.45) is 0 Å². The first-order chi connectivity index (χ1) is 7.66. The summed E-state index contributed by atoms with van der Waals surface area (Å²) in [5.74, 6) is -0.149. The number of ether oxygens (including phenoxy) is 1. The lowest BCUT2D eigenvalue weighted by Crippen LogP contribution is -2.43. The lowest BCUT2D eigenvalue weighted by atomic mass is 9.96. The largest absolute Gasteiger partial charge is 0.462 e. The number of carbonyl (C=O) groups excluding carboxylic acids is 1. The van der Waals surface area contributed by atoms with Gasteiger partial charge in [0, 0.05) is 6.54 Å². The Kier molecular flexibility index (Phi) is 3.25. The van der Waals surface area contributed by atoms with Gasteiger partial charge in [0.25, 0.3) is 0 Å². The van der Waals surface area contributed by atoms with Gasteiger partial charge in [-0.3, -0.25) is 4.79 Å². The SMILES string of the molecule is CC(C)OC(=O)C1Cc2ccccc2CN1. The van der Waals surface area contributed by atoms with Gasteiger partial charge in [-0.1, -0.05) is 24.3 Å². The van der Waals surface area contributed by atoms with Crippen molar-refractivity contribution in [1.82, 2.24) is 5.32 Å². The van der Waals surface area contributed by atoms with Crippen LogP contribution in [-0.2, 0) is 22.5 Å². The molecule has 0 fully saturated rings. The van der Waals surface area contributed by atoms with Crippen LogP contribution in [0.3, 0.4) is 0 Å². The molecule has 3 nitrogen and oxygen atoms in total. The molecule has 3 heteroatoms. The number of rotatable bonds is 2. The molecule has 0 aromatic heterocycles. The van der Waals surface area contributed by atoms with Gasteiger partial charge < -0.3 is 10.1 Å². The Bertz CT molecular complexity index is 387. The van der Waals surface area contributed by atoms with E-state index in [1.54, 1.807) is 0 Å². The van der Waals surface area contributed by atoms with E-state index in [9.17, 15) is 4.79 Å². The summed E-state index contributed by atoms with van der Waals surface area (Å²) in [6, 6.07) is 8.00. The van der Waals surface area contributed by atoms with Gasteiger partial charge in [-0.15, -0.1) is 0 Å². The van der Waals surface area contributed by atoms with Crippen molar-refractivity contribution < 1.29 is 9.53 Å². The Morgan fingerprint density at radius 3 is 2.75 bits per heavy atom. The van der Waals surface area contributed by atoms with Gasteiger partial charge in [0.05, 0.1) is 6.10 Å². The van der Waals surface area contributed by atoms with Gasteiger partial charge in [0.2, 0.25) is 0 Å². The molecule has 1 aliphatic heterocycles. The van der Waals surface area contributed by atoms with E-state index in [0.717, 1.165) is 13.0 Å². The third-order valence-corrected chi connectivity index (χ3v) is 2.72. The number of benzene rings is 1. The summed E-state index contributed by atoms with van der Waals surface area (Å²) in [6.45, 7) is 4.48. The molecule has 86 valence electrons. The van der Waals surface area contributed by atoms with E-state index in [0.29, 0.717) is 0 Å². The van der Waals surface area contributed by atoms with E-state index in [1.807, 2.05) is 26.0 Å². The molecule has 1 aromatic carbocycles. The lowest BCUT2D eigenvalue weighted by molar-refractivity contribution is -0.150. The van der Waals surface area contributed by atoms with E-state index in [4.69, 9.17) is 4.74 Å². The fourth-order valence-corrected chi connectivity index (χ4v) is 1.94. The van der Waals surface area contributed by atoms with Crippen molar-refractivity contribution in [2.75, 3.05) is 0 Å². The Labute approximate surface area is 95.8 Å². The van der Waals surface area contributed by atoms with Crippen molar-refractivity contribution in [2.45, 2.75) is 39.0 Å². The lowest BCUT2D eigenvalue weighted by Gasteiger charge is -2.25. The Morgan fingerprint density at radius 2 is 2.06 bits per heavy atom. The molecule has 0 saturated carbocycles. The van der Waals surface area contributed by atoms with Crippen LogP contribution in [0.25, 0.3) is 0 Å². The van der Waals surface area contributed by atoms with Crippen molar-refractivity contribution in [3.8, 4) is 0 Å². The maximum atomic E-state index is 11.7. The van der Waals surface area contributed by atoms with Gasteiger partial charge in [-0.25, -0.2) is 0 Å². The average molecular weight is 219 g/mol. The average Bonchev–Trinajstić information content (AvgIpc) is 2.27. The third kappa shape index (κ3) is 2.42. The number of fused-ring (bicyclic) bond motifs is 1. The van der Waals surface area contributed by atoms with Crippen molar-refractivity contribution in [3.63, 3.8) is 0 Å². The second kappa shape index (κ2) is 4.66. The zero-order chi connectivity index (χ0) is 11.5. The van der Waals surface area contributed by atoms with E-state index >= 15 is 0 Å². The van der Waals surface area contributed by atoms with Crippen LogP contribution in [0.4, 0.5) is 0 Å². The number of carbonyl (C=O) groups is 1. The standard InChI is InChI=1S/C13H17NO2/c1-9(2)16-13(15)12-7-10-5-3-4-6-11(10)8-14-12/h3-6,9,12,14H,7-8H2,1-2H3. The Morgan fingerprint density at radius 1 is 1.38 bits per heavy atom. The van der Waals surface area contributed by atoms with Crippen molar-refractivity contribution >= 4 is 5.97 Å². The van der Waals surface area contributed by atoms with Crippen molar-refractivity contribution in [3.05, 3.63) is 35.4 Å². The summed E-state index contributed by atoms with van der Waals surface area (Å²) in [5.41, 5.74) is 2.52. The highest BCUT2D eigenvalue weighted by atomic mass is 16.5. The monoisotopic (exact) mass is 219 g/mol. The molecule has 1 aliphatic rings. The van der Waals surface area contributed by atoms with E-state index < -0.39 is 0 Å². The Hall–Kier alpha value is -1.35. The molecule has 0 saturated heterocycles. The van der Waals surface area contributed by atoms with E-state index in [1.165, 1.54) is 11.1 Å². The zero-order valence-corrected chi connectivity index (χ0v) is 9.69.